The summed E-state index contributed by atoms with van der Waals surface area (Å²) in [4.78, 5) is 16.0. The van der Waals surface area contributed by atoms with Gasteiger partial charge in [-0.2, -0.15) is 15.0 Å². The van der Waals surface area contributed by atoms with Crippen molar-refractivity contribution in [2.45, 2.75) is 51.1 Å². The molecular formula is C23H29N7. The van der Waals surface area contributed by atoms with E-state index in [2.05, 4.69) is 54.2 Å². The number of likely N-dealkylation sites (tertiary alicyclic amines) is 1. The first-order valence-electron chi connectivity index (χ1n) is 11.0. The molecule has 1 aromatic carbocycles. The number of benzene rings is 1. The zero-order valence-corrected chi connectivity index (χ0v) is 17.6. The van der Waals surface area contributed by atoms with E-state index in [-0.39, 0.29) is 5.54 Å². The normalized spacial score (nSPS) is 19.3. The topological polar surface area (TPSA) is 63.0 Å². The molecule has 0 unspecified atom stereocenters. The van der Waals surface area contributed by atoms with Gasteiger partial charge in [0.1, 0.15) is 0 Å². The summed E-state index contributed by atoms with van der Waals surface area (Å²) >= 11 is 0. The molecule has 156 valence electrons. The fraction of sp³-hybridized carbons (Fsp3) is 0.478. The van der Waals surface area contributed by atoms with Gasteiger partial charge < -0.3 is 4.90 Å². The zero-order valence-electron chi connectivity index (χ0n) is 17.6. The van der Waals surface area contributed by atoms with Gasteiger partial charge in [-0.05, 0) is 56.8 Å². The molecule has 4 heterocycles. The van der Waals surface area contributed by atoms with Crippen molar-refractivity contribution in [1.82, 2.24) is 29.9 Å². The molecule has 1 spiro atoms. The number of aromatic nitrogens is 5. The van der Waals surface area contributed by atoms with Crippen LogP contribution in [0, 0.1) is 6.92 Å². The highest BCUT2D eigenvalue weighted by molar-refractivity contribution is 5.39. The molecule has 5 rings (SSSR count). The Hall–Kier alpha value is -2.80. The van der Waals surface area contributed by atoms with Crippen LogP contribution in [0.4, 0.5) is 5.95 Å². The van der Waals surface area contributed by atoms with Gasteiger partial charge in [0, 0.05) is 37.1 Å². The quantitative estimate of drug-likeness (QED) is 0.665. The highest BCUT2D eigenvalue weighted by atomic mass is 15.5. The Kier molecular flexibility index (Phi) is 5.21. The van der Waals surface area contributed by atoms with E-state index in [9.17, 15) is 0 Å². The SMILES string of the molecule is Cc1ccnc(N2CCC3(CCCCN3Cc3ccccc3-n3nccn3)CC2)n1. The van der Waals surface area contributed by atoms with Crippen LogP contribution in [0.2, 0.25) is 0 Å². The van der Waals surface area contributed by atoms with Crippen molar-refractivity contribution in [3.05, 3.63) is 60.2 Å². The molecule has 2 saturated heterocycles. The summed E-state index contributed by atoms with van der Waals surface area (Å²) in [6, 6.07) is 10.5. The van der Waals surface area contributed by atoms with Gasteiger partial charge in [-0.1, -0.05) is 24.6 Å². The van der Waals surface area contributed by atoms with Gasteiger partial charge >= 0.3 is 0 Å². The number of para-hydroxylation sites is 1. The van der Waals surface area contributed by atoms with Crippen LogP contribution in [0.15, 0.2) is 48.9 Å². The van der Waals surface area contributed by atoms with E-state index in [0.717, 1.165) is 56.4 Å². The van der Waals surface area contributed by atoms with E-state index in [1.54, 1.807) is 17.2 Å². The van der Waals surface area contributed by atoms with Crippen LogP contribution in [0.3, 0.4) is 0 Å². The van der Waals surface area contributed by atoms with Gasteiger partial charge in [0.15, 0.2) is 0 Å². The number of hydrogen-bond acceptors (Lipinski definition) is 6. The number of rotatable bonds is 4. The summed E-state index contributed by atoms with van der Waals surface area (Å²) in [6.07, 6.45) is 11.5. The van der Waals surface area contributed by atoms with Gasteiger partial charge in [-0.15, -0.1) is 0 Å². The molecule has 30 heavy (non-hydrogen) atoms. The van der Waals surface area contributed by atoms with Crippen LogP contribution in [0.5, 0.6) is 0 Å². The van der Waals surface area contributed by atoms with Crippen LogP contribution in [0.25, 0.3) is 5.69 Å². The molecule has 2 aliphatic heterocycles. The lowest BCUT2D eigenvalue weighted by Gasteiger charge is -2.51. The van der Waals surface area contributed by atoms with Crippen molar-refractivity contribution in [3.8, 4) is 5.69 Å². The largest absolute Gasteiger partial charge is 0.341 e. The van der Waals surface area contributed by atoms with Gasteiger partial charge in [-0.25, -0.2) is 9.97 Å². The second-order valence-corrected chi connectivity index (χ2v) is 8.54. The van der Waals surface area contributed by atoms with Gasteiger partial charge in [0.2, 0.25) is 5.95 Å². The number of anilines is 1. The van der Waals surface area contributed by atoms with Gasteiger partial charge in [-0.3, -0.25) is 4.90 Å². The lowest BCUT2D eigenvalue weighted by Crippen LogP contribution is -2.57. The Balaban J connectivity index is 1.35. The molecule has 2 aliphatic rings. The predicted molar refractivity (Wildman–Crippen MR) is 117 cm³/mol. The Morgan fingerprint density at radius 2 is 1.70 bits per heavy atom. The van der Waals surface area contributed by atoms with Gasteiger partial charge in [0.05, 0.1) is 18.1 Å². The first-order chi connectivity index (χ1) is 14.7. The van der Waals surface area contributed by atoms with Crippen LogP contribution in [-0.2, 0) is 6.54 Å². The van der Waals surface area contributed by atoms with E-state index < -0.39 is 0 Å². The summed E-state index contributed by atoms with van der Waals surface area (Å²) in [6.45, 7) is 6.16. The molecular weight excluding hydrogens is 374 g/mol. The Morgan fingerprint density at radius 3 is 2.50 bits per heavy atom. The van der Waals surface area contributed by atoms with Crippen LogP contribution >= 0.6 is 0 Å². The fourth-order valence-corrected chi connectivity index (χ4v) is 5.06. The maximum absolute atomic E-state index is 4.64. The summed E-state index contributed by atoms with van der Waals surface area (Å²) in [5.74, 6) is 0.877. The van der Waals surface area contributed by atoms with Crippen molar-refractivity contribution in [2.75, 3.05) is 24.5 Å². The molecule has 2 aromatic heterocycles. The molecule has 7 heteroatoms. The third kappa shape index (κ3) is 3.69. The van der Waals surface area contributed by atoms with Crippen LogP contribution < -0.4 is 4.90 Å². The monoisotopic (exact) mass is 403 g/mol. The lowest BCUT2D eigenvalue weighted by atomic mass is 9.78. The summed E-state index contributed by atoms with van der Waals surface area (Å²) in [5, 5.41) is 8.72. The lowest BCUT2D eigenvalue weighted by molar-refractivity contribution is 0.0181. The highest BCUT2D eigenvalue weighted by Crippen LogP contribution is 2.39. The third-order valence-electron chi connectivity index (χ3n) is 6.74. The maximum Gasteiger partial charge on any atom is 0.225 e. The van der Waals surface area contributed by atoms with Crippen LogP contribution in [-0.4, -0.2) is 55.0 Å². The molecule has 0 bridgehead atoms. The van der Waals surface area contributed by atoms with Crippen molar-refractivity contribution >= 4 is 5.95 Å². The standard InChI is InChI=1S/C23H29N7/c1-19-8-12-24-22(27-19)28-16-10-23(11-17-28)9-4-5-15-29(23)18-20-6-2-3-7-21(20)30-25-13-14-26-30/h2-3,6-8,12-14H,4-5,9-11,15-18H2,1H3. The minimum atomic E-state index is 0.267. The van der Waals surface area contributed by atoms with Crippen molar-refractivity contribution in [3.63, 3.8) is 0 Å². The highest BCUT2D eigenvalue weighted by Gasteiger charge is 2.41. The smallest absolute Gasteiger partial charge is 0.225 e. The second-order valence-electron chi connectivity index (χ2n) is 8.54. The van der Waals surface area contributed by atoms with Crippen LogP contribution in [0.1, 0.15) is 43.4 Å². The van der Waals surface area contributed by atoms with Crippen molar-refractivity contribution in [1.29, 1.82) is 0 Å². The average molecular weight is 404 g/mol. The Morgan fingerprint density at radius 1 is 0.900 bits per heavy atom. The third-order valence-corrected chi connectivity index (χ3v) is 6.74. The summed E-state index contributed by atoms with van der Waals surface area (Å²) < 4.78 is 0. The number of aryl methyl sites for hydroxylation is 1. The Labute approximate surface area is 177 Å². The number of nitrogens with zero attached hydrogens (tertiary/aromatic N) is 7. The molecule has 0 radical (unpaired) electrons. The molecule has 3 aromatic rings. The molecule has 0 amide bonds. The van der Waals surface area contributed by atoms with Crippen molar-refractivity contribution in [2.24, 2.45) is 0 Å². The first-order valence-corrected chi connectivity index (χ1v) is 11.0. The van der Waals surface area contributed by atoms with E-state index >= 15 is 0 Å². The molecule has 0 saturated carbocycles. The molecule has 0 N–H and O–H groups in total. The number of hydrogen-bond donors (Lipinski definition) is 0. The number of piperidine rings is 2. The molecule has 0 atom stereocenters. The minimum Gasteiger partial charge on any atom is -0.341 e. The zero-order chi connectivity index (χ0) is 20.4. The summed E-state index contributed by atoms with van der Waals surface area (Å²) in [7, 11) is 0. The van der Waals surface area contributed by atoms with E-state index in [4.69, 9.17) is 0 Å². The van der Waals surface area contributed by atoms with E-state index in [1.807, 2.05) is 19.2 Å². The van der Waals surface area contributed by atoms with E-state index in [1.165, 1.54) is 24.8 Å². The summed E-state index contributed by atoms with van der Waals surface area (Å²) in [5.41, 5.74) is 3.67. The average Bonchev–Trinajstić information content (AvgIpc) is 3.31. The van der Waals surface area contributed by atoms with Gasteiger partial charge in [0.25, 0.3) is 0 Å². The molecule has 0 aliphatic carbocycles. The molecule has 7 nitrogen and oxygen atoms in total. The second kappa shape index (κ2) is 8.14. The minimum absolute atomic E-state index is 0.267. The molecule has 2 fully saturated rings. The van der Waals surface area contributed by atoms with Crippen molar-refractivity contribution < 1.29 is 0 Å². The van der Waals surface area contributed by atoms with E-state index in [0.29, 0.717) is 0 Å². The Bertz CT molecular complexity index is 977. The fourth-order valence-electron chi connectivity index (χ4n) is 5.06. The first kappa shape index (κ1) is 19.2. The maximum atomic E-state index is 4.64. The predicted octanol–water partition coefficient (Wildman–Crippen LogP) is 3.39.